The highest BCUT2D eigenvalue weighted by Crippen LogP contribution is 2.50. The van der Waals surface area contributed by atoms with Gasteiger partial charge in [-0.3, -0.25) is 0 Å². The van der Waals surface area contributed by atoms with Crippen LogP contribution in [0.15, 0.2) is 36.4 Å². The first-order chi connectivity index (χ1) is 21.5. The van der Waals surface area contributed by atoms with Crippen molar-refractivity contribution >= 4 is 0 Å². The summed E-state index contributed by atoms with van der Waals surface area (Å²) in [4.78, 5) is 0. The predicted octanol–water partition coefficient (Wildman–Crippen LogP) is -1.13. The summed E-state index contributed by atoms with van der Waals surface area (Å²) >= 11 is 0. The van der Waals surface area contributed by atoms with Crippen molar-refractivity contribution in [2.45, 2.75) is 99.2 Å². The molecule has 2 heterocycles. The topological polar surface area (TPSA) is 201 Å². The van der Waals surface area contributed by atoms with Gasteiger partial charge in [-0.1, -0.05) is 55.6 Å². The molecule has 2 aromatic carbocycles. The average Bonchev–Trinajstić information content (AvgIpc) is 3.29. The third-order valence-electron chi connectivity index (χ3n) is 8.86. The van der Waals surface area contributed by atoms with E-state index in [0.29, 0.717) is 28.7 Å². The first-order valence-electron chi connectivity index (χ1n) is 15.2. The zero-order valence-corrected chi connectivity index (χ0v) is 24.8. The van der Waals surface area contributed by atoms with E-state index in [4.69, 9.17) is 9.47 Å². The molecule has 2 saturated heterocycles. The molecule has 0 radical (unpaired) electrons. The first-order valence-corrected chi connectivity index (χ1v) is 15.2. The lowest BCUT2D eigenvalue weighted by atomic mass is 9.85. The number of unbranched alkanes of at least 4 members (excludes halogenated alkanes) is 2. The van der Waals surface area contributed by atoms with Crippen LogP contribution in [0.3, 0.4) is 0 Å². The van der Waals surface area contributed by atoms with Crippen LogP contribution in [0.25, 0.3) is 11.1 Å². The maximum absolute atomic E-state index is 12.2. The van der Waals surface area contributed by atoms with E-state index in [9.17, 15) is 46.0 Å². The Bertz CT molecular complexity index is 1380. The van der Waals surface area contributed by atoms with Crippen LogP contribution in [-0.4, -0.2) is 120 Å². The Kier molecular flexibility index (Phi) is 10.3. The molecule has 9 N–H and O–H groups in total. The van der Waals surface area contributed by atoms with E-state index in [1.54, 1.807) is 24.3 Å². The van der Waals surface area contributed by atoms with Crippen LogP contribution in [0.2, 0.25) is 0 Å². The summed E-state index contributed by atoms with van der Waals surface area (Å²) < 4.78 is 11.0. The number of rotatable bonds is 6. The van der Waals surface area contributed by atoms with Gasteiger partial charge in [0.05, 0.1) is 13.2 Å². The molecule has 0 spiro atoms. The van der Waals surface area contributed by atoms with Crippen LogP contribution < -0.4 is 0 Å². The Morgan fingerprint density at radius 1 is 0.644 bits per heavy atom. The molecule has 3 aliphatic rings. The normalized spacial score (nSPS) is 35.4. The molecule has 0 bridgehead atoms. The molecule has 45 heavy (non-hydrogen) atoms. The number of benzene rings is 2. The predicted molar refractivity (Wildman–Crippen MR) is 160 cm³/mol. The summed E-state index contributed by atoms with van der Waals surface area (Å²) in [6, 6.07) is 10.8. The van der Waals surface area contributed by atoms with Crippen molar-refractivity contribution in [3.05, 3.63) is 58.7 Å². The molecule has 2 aliphatic heterocycles. The van der Waals surface area contributed by atoms with Gasteiger partial charge in [0.15, 0.2) is 0 Å². The maximum Gasteiger partial charge on any atom is 0.147 e. The van der Waals surface area contributed by atoms with Crippen LogP contribution in [0.5, 0.6) is 0 Å². The van der Waals surface area contributed by atoms with Crippen molar-refractivity contribution in [2.24, 2.45) is 0 Å². The Hall–Kier alpha value is -2.88. The van der Waals surface area contributed by atoms with Gasteiger partial charge in [-0.25, -0.2) is 0 Å². The largest absolute Gasteiger partial charge is 0.394 e. The summed E-state index contributed by atoms with van der Waals surface area (Å²) in [6.45, 7) is 0.958. The van der Waals surface area contributed by atoms with E-state index in [1.165, 1.54) is 0 Å². The van der Waals surface area contributed by atoms with Crippen molar-refractivity contribution < 1.29 is 55.4 Å². The SMILES string of the molecule is CCCCCC1(O)c2cc(C#C[C@H]3O[C@H](CO)[C@@H](O)[C@H](O)[C@H]3O)ccc2-c2ccc(C#C[C@H]3O[C@H](CO)[C@@H](O)[C@H](O)[C@@H]3O)cc21. The van der Waals surface area contributed by atoms with Crippen molar-refractivity contribution in [1.82, 2.24) is 0 Å². The van der Waals surface area contributed by atoms with Gasteiger partial charge in [-0.2, -0.15) is 0 Å². The average molecular weight is 625 g/mol. The standard InChI is InChI=1S/C34H40O11/c1-2-3-4-13-34(43)22-14-18(7-11-24-28(37)32(41)30(39)26(16-35)44-24)5-9-20(22)21-10-6-19(15-23(21)34)8-12-25-29(38)33(42)31(40)27(17-36)45-25/h5-6,9-10,14-15,24-33,35-43H,2-4,13,16-17H2,1H3/t24-,25-,26-,27-,28-,29+,30-,31-,32-,33-,34?/m1/s1. The number of aliphatic hydroxyl groups excluding tert-OH is 8. The fraction of sp³-hybridized carbons (Fsp3) is 0.529. The minimum absolute atomic E-state index is 0.425. The van der Waals surface area contributed by atoms with E-state index in [1.807, 2.05) is 12.1 Å². The van der Waals surface area contributed by atoms with E-state index < -0.39 is 79.9 Å². The van der Waals surface area contributed by atoms with E-state index in [2.05, 4.69) is 30.6 Å². The van der Waals surface area contributed by atoms with Gasteiger partial charge in [-0.15, -0.1) is 0 Å². The molecule has 242 valence electrons. The summed E-state index contributed by atoms with van der Waals surface area (Å²) in [5, 5.41) is 92.2. The first kappa shape index (κ1) is 33.5. The van der Waals surface area contributed by atoms with E-state index >= 15 is 0 Å². The summed E-state index contributed by atoms with van der Waals surface area (Å²) in [6.07, 6.45) is -10.4. The molecule has 1 aliphatic carbocycles. The van der Waals surface area contributed by atoms with Crippen LogP contribution >= 0.6 is 0 Å². The second-order valence-electron chi connectivity index (χ2n) is 11.9. The quantitative estimate of drug-likeness (QED) is 0.139. The molecule has 11 nitrogen and oxygen atoms in total. The summed E-state index contributed by atoms with van der Waals surface area (Å²) in [5.74, 6) is 11.4. The van der Waals surface area contributed by atoms with E-state index in [-0.39, 0.29) is 0 Å². The van der Waals surface area contributed by atoms with Gasteiger partial charge in [0, 0.05) is 11.1 Å². The molecular weight excluding hydrogens is 584 g/mol. The summed E-state index contributed by atoms with van der Waals surface area (Å²) in [5.41, 5.74) is 2.60. The molecule has 5 rings (SSSR count). The van der Waals surface area contributed by atoms with Crippen LogP contribution in [0, 0.1) is 23.7 Å². The second kappa shape index (κ2) is 13.9. The Morgan fingerprint density at radius 3 is 1.49 bits per heavy atom. The van der Waals surface area contributed by atoms with Crippen molar-refractivity contribution in [3.8, 4) is 34.8 Å². The lowest BCUT2D eigenvalue weighted by Gasteiger charge is -2.37. The highest BCUT2D eigenvalue weighted by Gasteiger charge is 2.44. The van der Waals surface area contributed by atoms with Crippen LogP contribution in [0.1, 0.15) is 54.9 Å². The van der Waals surface area contributed by atoms with Crippen molar-refractivity contribution in [3.63, 3.8) is 0 Å². The van der Waals surface area contributed by atoms with Gasteiger partial charge in [0.25, 0.3) is 0 Å². The van der Waals surface area contributed by atoms with Crippen molar-refractivity contribution in [1.29, 1.82) is 0 Å². The van der Waals surface area contributed by atoms with Gasteiger partial charge >= 0.3 is 0 Å². The van der Waals surface area contributed by atoms with Gasteiger partial charge in [0.1, 0.15) is 66.6 Å². The minimum Gasteiger partial charge on any atom is -0.394 e. The second-order valence-corrected chi connectivity index (χ2v) is 11.9. The molecular formula is C34H40O11. The van der Waals surface area contributed by atoms with Crippen LogP contribution in [-0.2, 0) is 15.1 Å². The van der Waals surface area contributed by atoms with Gasteiger partial charge in [0.2, 0.25) is 0 Å². The lowest BCUT2D eigenvalue weighted by Crippen LogP contribution is -2.58. The minimum atomic E-state index is -1.54. The number of hydrogen-bond donors (Lipinski definition) is 9. The van der Waals surface area contributed by atoms with Crippen LogP contribution in [0.4, 0.5) is 0 Å². The molecule has 11 atom stereocenters. The summed E-state index contributed by atoms with van der Waals surface area (Å²) in [7, 11) is 0. The van der Waals surface area contributed by atoms with Crippen molar-refractivity contribution in [2.75, 3.05) is 13.2 Å². The number of hydrogen-bond acceptors (Lipinski definition) is 11. The number of fused-ring (bicyclic) bond motifs is 3. The smallest absolute Gasteiger partial charge is 0.147 e. The molecule has 0 aromatic heterocycles. The fourth-order valence-electron chi connectivity index (χ4n) is 6.19. The molecule has 11 heteroatoms. The zero-order valence-electron chi connectivity index (χ0n) is 24.8. The van der Waals surface area contributed by atoms with Gasteiger partial charge in [-0.05, 0) is 59.4 Å². The monoisotopic (exact) mass is 624 g/mol. The Balaban J connectivity index is 1.46. The Morgan fingerprint density at radius 2 is 1.09 bits per heavy atom. The molecule has 0 amide bonds. The third kappa shape index (κ3) is 6.41. The highest BCUT2D eigenvalue weighted by atomic mass is 16.5. The molecule has 0 saturated carbocycles. The molecule has 1 unspecified atom stereocenters. The van der Waals surface area contributed by atoms with E-state index in [0.717, 1.165) is 30.4 Å². The molecule has 2 aromatic rings. The fourth-order valence-corrected chi connectivity index (χ4v) is 6.19. The van der Waals surface area contributed by atoms with Gasteiger partial charge < -0.3 is 55.4 Å². The number of aliphatic hydroxyl groups is 9. The third-order valence-corrected chi connectivity index (χ3v) is 8.86. The Labute approximate surface area is 261 Å². The highest BCUT2D eigenvalue weighted by molar-refractivity contribution is 5.81. The lowest BCUT2D eigenvalue weighted by molar-refractivity contribution is -0.214. The molecule has 2 fully saturated rings. The maximum atomic E-state index is 12.2. The number of ether oxygens (including phenoxy) is 2. The zero-order chi connectivity index (χ0) is 32.5.